The lowest BCUT2D eigenvalue weighted by Crippen LogP contribution is -2.42. The summed E-state index contributed by atoms with van der Waals surface area (Å²) in [4.78, 5) is 26.7. The van der Waals surface area contributed by atoms with Crippen molar-refractivity contribution in [3.63, 3.8) is 0 Å². The number of aromatic nitrogens is 3. The summed E-state index contributed by atoms with van der Waals surface area (Å²) in [6.07, 6.45) is 0. The molecule has 0 spiro atoms. The van der Waals surface area contributed by atoms with E-state index in [4.69, 9.17) is 11.6 Å². The number of rotatable bonds is 3. The molecule has 0 atom stereocenters. The standard InChI is InChI=1S/C18H14ClFN4O2/c19-14-7-4-8-15(20)13(14)11-24-17(26)16(25)23-10-9-22(18(23)21-24)12-5-2-1-3-6-12/h1-8H,9-11H2. The maximum absolute atomic E-state index is 14.1. The predicted octanol–water partition coefficient (Wildman–Crippen LogP) is 2.40. The summed E-state index contributed by atoms with van der Waals surface area (Å²) in [6.45, 7) is 0.679. The fourth-order valence-electron chi connectivity index (χ4n) is 3.02. The van der Waals surface area contributed by atoms with Crippen molar-refractivity contribution in [1.82, 2.24) is 14.3 Å². The van der Waals surface area contributed by atoms with Crippen LogP contribution >= 0.6 is 11.6 Å². The van der Waals surface area contributed by atoms with Gasteiger partial charge >= 0.3 is 11.1 Å². The third-order valence-electron chi connectivity index (χ3n) is 4.34. The summed E-state index contributed by atoms with van der Waals surface area (Å²) >= 11 is 6.04. The maximum Gasteiger partial charge on any atom is 0.333 e. The van der Waals surface area contributed by atoms with Gasteiger partial charge in [-0.3, -0.25) is 14.2 Å². The van der Waals surface area contributed by atoms with E-state index < -0.39 is 16.9 Å². The second-order valence-corrected chi connectivity index (χ2v) is 6.31. The molecule has 26 heavy (non-hydrogen) atoms. The lowest BCUT2D eigenvalue weighted by Gasteiger charge is -2.18. The Morgan fingerprint density at radius 2 is 1.77 bits per heavy atom. The van der Waals surface area contributed by atoms with Crippen LogP contribution in [0.5, 0.6) is 0 Å². The number of hydrogen-bond acceptors (Lipinski definition) is 4. The van der Waals surface area contributed by atoms with Crippen LogP contribution in [0.4, 0.5) is 16.0 Å². The number of halogens is 2. The third kappa shape index (κ3) is 2.70. The molecule has 2 aromatic carbocycles. The minimum absolute atomic E-state index is 0.123. The fraction of sp³-hybridized carbons (Fsp3) is 0.167. The molecule has 0 amide bonds. The lowest BCUT2D eigenvalue weighted by atomic mass is 10.2. The maximum atomic E-state index is 14.1. The molecule has 0 N–H and O–H groups in total. The normalized spacial score (nSPS) is 13.1. The van der Waals surface area contributed by atoms with Crippen LogP contribution in [0, 0.1) is 5.82 Å². The summed E-state index contributed by atoms with van der Waals surface area (Å²) in [5.41, 5.74) is -0.499. The fourth-order valence-corrected chi connectivity index (χ4v) is 3.24. The highest BCUT2D eigenvalue weighted by Gasteiger charge is 2.26. The monoisotopic (exact) mass is 372 g/mol. The first kappa shape index (κ1) is 16.5. The highest BCUT2D eigenvalue weighted by atomic mass is 35.5. The second kappa shape index (κ2) is 6.42. The van der Waals surface area contributed by atoms with Gasteiger partial charge in [-0.15, -0.1) is 5.10 Å². The van der Waals surface area contributed by atoms with Crippen LogP contribution in [0.1, 0.15) is 5.56 Å². The molecule has 0 fully saturated rings. The SMILES string of the molecule is O=c1c(=O)n2c(nn1Cc1c(F)cccc1Cl)N(c1ccccc1)CC2. The number of fused-ring (bicyclic) bond motifs is 1. The Balaban J connectivity index is 1.82. The molecule has 0 radical (unpaired) electrons. The smallest absolute Gasteiger partial charge is 0.309 e. The highest BCUT2D eigenvalue weighted by Crippen LogP contribution is 2.26. The zero-order valence-electron chi connectivity index (χ0n) is 13.6. The molecular formula is C18H14ClFN4O2. The second-order valence-electron chi connectivity index (χ2n) is 5.91. The van der Waals surface area contributed by atoms with Gasteiger partial charge in [-0.05, 0) is 24.3 Å². The van der Waals surface area contributed by atoms with Crippen molar-refractivity contribution in [2.24, 2.45) is 0 Å². The Bertz CT molecular complexity index is 1070. The Hall–Kier alpha value is -2.93. The van der Waals surface area contributed by atoms with Crippen LogP contribution in [0.3, 0.4) is 0 Å². The summed E-state index contributed by atoms with van der Waals surface area (Å²) in [5.74, 6) is -0.194. The molecule has 3 aromatic rings. The molecule has 0 saturated carbocycles. The van der Waals surface area contributed by atoms with E-state index in [2.05, 4.69) is 5.10 Å². The molecule has 0 aliphatic carbocycles. The Morgan fingerprint density at radius 1 is 1.00 bits per heavy atom. The van der Waals surface area contributed by atoms with E-state index in [1.165, 1.54) is 22.8 Å². The number of hydrogen-bond donors (Lipinski definition) is 0. The number of anilines is 2. The topological polar surface area (TPSA) is 60.1 Å². The minimum atomic E-state index is -0.803. The first-order valence-corrected chi connectivity index (χ1v) is 8.41. The molecule has 0 unspecified atom stereocenters. The van der Waals surface area contributed by atoms with Crippen molar-refractivity contribution >= 4 is 23.2 Å². The van der Waals surface area contributed by atoms with Crippen molar-refractivity contribution < 1.29 is 4.39 Å². The molecule has 0 bridgehead atoms. The van der Waals surface area contributed by atoms with Gasteiger partial charge in [0.15, 0.2) is 0 Å². The van der Waals surface area contributed by atoms with Gasteiger partial charge in [-0.1, -0.05) is 35.9 Å². The highest BCUT2D eigenvalue weighted by molar-refractivity contribution is 6.31. The molecule has 1 aliphatic heterocycles. The Kier molecular flexibility index (Phi) is 4.08. The van der Waals surface area contributed by atoms with E-state index >= 15 is 0 Å². The van der Waals surface area contributed by atoms with Crippen LogP contribution in [-0.2, 0) is 13.1 Å². The molecule has 132 valence electrons. The van der Waals surface area contributed by atoms with Gasteiger partial charge in [0.05, 0.1) is 6.54 Å². The summed E-state index contributed by atoms with van der Waals surface area (Å²) in [5, 5.41) is 4.50. The molecule has 1 aromatic heterocycles. The average Bonchev–Trinajstić information content (AvgIpc) is 3.07. The largest absolute Gasteiger partial charge is 0.333 e. The molecule has 4 rings (SSSR count). The molecule has 2 heterocycles. The van der Waals surface area contributed by atoms with Crippen LogP contribution in [-0.4, -0.2) is 20.9 Å². The van der Waals surface area contributed by atoms with Gasteiger partial charge < -0.3 is 4.90 Å². The van der Waals surface area contributed by atoms with Gasteiger partial charge in [0.1, 0.15) is 5.82 Å². The predicted molar refractivity (Wildman–Crippen MR) is 96.7 cm³/mol. The number of benzene rings is 2. The van der Waals surface area contributed by atoms with Crippen molar-refractivity contribution in [3.05, 3.63) is 85.6 Å². The average molecular weight is 373 g/mol. The summed E-state index contributed by atoms with van der Waals surface area (Å²) < 4.78 is 16.4. The van der Waals surface area contributed by atoms with Gasteiger partial charge in [0.25, 0.3) is 0 Å². The van der Waals surface area contributed by atoms with Gasteiger partial charge in [0, 0.05) is 29.4 Å². The first-order chi connectivity index (χ1) is 12.6. The van der Waals surface area contributed by atoms with Crippen molar-refractivity contribution in [1.29, 1.82) is 0 Å². The van der Waals surface area contributed by atoms with Crippen LogP contribution in [0.25, 0.3) is 0 Å². The Morgan fingerprint density at radius 3 is 2.50 bits per heavy atom. The molecular weight excluding hydrogens is 359 g/mol. The number of nitrogens with zero attached hydrogens (tertiary/aromatic N) is 4. The number of para-hydroxylation sites is 1. The van der Waals surface area contributed by atoms with Crippen LogP contribution in [0.2, 0.25) is 5.02 Å². The van der Waals surface area contributed by atoms with E-state index in [0.717, 1.165) is 10.4 Å². The van der Waals surface area contributed by atoms with Crippen LogP contribution in [0.15, 0.2) is 58.1 Å². The van der Waals surface area contributed by atoms with Crippen molar-refractivity contribution in [2.45, 2.75) is 13.1 Å². The van der Waals surface area contributed by atoms with E-state index in [1.54, 1.807) is 0 Å². The summed E-state index contributed by atoms with van der Waals surface area (Å²) in [7, 11) is 0. The zero-order valence-corrected chi connectivity index (χ0v) is 14.4. The molecule has 8 heteroatoms. The van der Waals surface area contributed by atoms with Gasteiger partial charge in [-0.2, -0.15) is 0 Å². The van der Waals surface area contributed by atoms with Crippen molar-refractivity contribution in [2.75, 3.05) is 11.4 Å². The van der Waals surface area contributed by atoms with Crippen LogP contribution < -0.4 is 16.0 Å². The lowest BCUT2D eigenvalue weighted by molar-refractivity contribution is 0.555. The summed E-state index contributed by atoms with van der Waals surface area (Å²) in [6, 6.07) is 13.7. The van der Waals surface area contributed by atoms with E-state index in [0.29, 0.717) is 19.0 Å². The van der Waals surface area contributed by atoms with Gasteiger partial charge in [0.2, 0.25) is 5.95 Å². The van der Waals surface area contributed by atoms with Crippen molar-refractivity contribution in [3.8, 4) is 0 Å². The third-order valence-corrected chi connectivity index (χ3v) is 4.69. The molecule has 0 saturated heterocycles. The zero-order chi connectivity index (χ0) is 18.3. The van der Waals surface area contributed by atoms with E-state index in [1.807, 2.05) is 35.2 Å². The van der Waals surface area contributed by atoms with E-state index in [-0.39, 0.29) is 17.1 Å². The van der Waals surface area contributed by atoms with E-state index in [9.17, 15) is 14.0 Å². The minimum Gasteiger partial charge on any atom is -0.309 e. The quantitative estimate of drug-likeness (QED) is 0.662. The first-order valence-electron chi connectivity index (χ1n) is 8.03. The Labute approximate surface area is 152 Å². The molecule has 1 aliphatic rings. The van der Waals surface area contributed by atoms with Gasteiger partial charge in [-0.25, -0.2) is 9.07 Å². The molecule has 6 nitrogen and oxygen atoms in total.